The average molecular weight is 585 g/mol. The second-order valence-electron chi connectivity index (χ2n) is 9.00. The third kappa shape index (κ3) is 8.35. The van der Waals surface area contributed by atoms with E-state index in [1.54, 1.807) is 67.6 Å². The van der Waals surface area contributed by atoms with E-state index in [4.69, 9.17) is 0 Å². The van der Waals surface area contributed by atoms with Crippen molar-refractivity contribution in [2.45, 2.75) is 11.8 Å². The fraction of sp³-hybridized carbons (Fsp3) is 0.0645. The number of rotatable bonds is 10. The van der Waals surface area contributed by atoms with Crippen LogP contribution in [0.25, 0.3) is 6.08 Å². The van der Waals surface area contributed by atoms with E-state index in [0.717, 1.165) is 4.90 Å². The van der Waals surface area contributed by atoms with Crippen LogP contribution >= 0.6 is 11.8 Å². The minimum absolute atomic E-state index is 0.0398. The molecule has 0 aliphatic rings. The Morgan fingerprint density at radius 2 is 1.60 bits per heavy atom. The molecular formula is C31H25FN4O5S. The molecule has 0 aliphatic heterocycles. The van der Waals surface area contributed by atoms with Crippen molar-refractivity contribution in [3.8, 4) is 0 Å². The number of halogens is 1. The van der Waals surface area contributed by atoms with Gasteiger partial charge in [-0.05, 0) is 72.7 Å². The molecular weight excluding hydrogens is 559 g/mol. The number of nitrogens with zero attached hydrogens (tertiary/aromatic N) is 1. The molecule has 11 heteroatoms. The average Bonchev–Trinajstić information content (AvgIpc) is 2.99. The van der Waals surface area contributed by atoms with Crippen LogP contribution in [0.5, 0.6) is 0 Å². The van der Waals surface area contributed by atoms with E-state index < -0.39 is 22.6 Å². The van der Waals surface area contributed by atoms with Crippen molar-refractivity contribution in [3.05, 3.63) is 135 Å². The largest absolute Gasteiger partial charge is 0.325 e. The Morgan fingerprint density at radius 1 is 0.905 bits per heavy atom. The van der Waals surface area contributed by atoms with Crippen LogP contribution in [0, 0.1) is 22.9 Å². The number of nitrogens with one attached hydrogen (secondary N) is 3. The van der Waals surface area contributed by atoms with Gasteiger partial charge in [-0.15, -0.1) is 11.8 Å². The van der Waals surface area contributed by atoms with Gasteiger partial charge in [-0.25, -0.2) is 4.39 Å². The molecule has 0 saturated heterocycles. The van der Waals surface area contributed by atoms with Crippen LogP contribution in [-0.4, -0.2) is 28.4 Å². The Hall–Kier alpha value is -5.29. The van der Waals surface area contributed by atoms with Gasteiger partial charge in [-0.1, -0.05) is 36.4 Å². The van der Waals surface area contributed by atoms with Crippen LogP contribution in [0.1, 0.15) is 21.5 Å². The Kier molecular flexibility index (Phi) is 9.80. The summed E-state index contributed by atoms with van der Waals surface area (Å²) in [6.45, 7) is 1.74. The number of anilines is 2. The highest BCUT2D eigenvalue weighted by Crippen LogP contribution is 2.24. The van der Waals surface area contributed by atoms with Crippen LogP contribution in [0.2, 0.25) is 0 Å². The molecule has 0 bridgehead atoms. The molecule has 9 nitrogen and oxygen atoms in total. The summed E-state index contributed by atoms with van der Waals surface area (Å²) < 4.78 is 13.4. The lowest BCUT2D eigenvalue weighted by atomic mass is 10.1. The second kappa shape index (κ2) is 13.9. The number of nitro groups is 1. The topological polar surface area (TPSA) is 130 Å². The van der Waals surface area contributed by atoms with Crippen molar-refractivity contribution in [1.82, 2.24) is 5.32 Å². The smallest absolute Gasteiger partial charge is 0.272 e. The van der Waals surface area contributed by atoms with Gasteiger partial charge in [0.05, 0.1) is 16.4 Å². The fourth-order valence-electron chi connectivity index (χ4n) is 3.69. The third-order valence-electron chi connectivity index (χ3n) is 5.90. The number of hydrogen-bond acceptors (Lipinski definition) is 6. The zero-order valence-corrected chi connectivity index (χ0v) is 23.1. The minimum atomic E-state index is -0.587. The summed E-state index contributed by atoms with van der Waals surface area (Å²) >= 11 is 1.25. The quantitative estimate of drug-likeness (QED) is 0.0883. The predicted octanol–water partition coefficient (Wildman–Crippen LogP) is 6.18. The van der Waals surface area contributed by atoms with E-state index in [-0.39, 0.29) is 23.0 Å². The van der Waals surface area contributed by atoms with Crippen molar-refractivity contribution >= 4 is 52.6 Å². The summed E-state index contributed by atoms with van der Waals surface area (Å²) in [4.78, 5) is 49.6. The lowest BCUT2D eigenvalue weighted by Crippen LogP contribution is -2.30. The predicted molar refractivity (Wildman–Crippen MR) is 161 cm³/mol. The zero-order chi connectivity index (χ0) is 30.1. The van der Waals surface area contributed by atoms with Crippen molar-refractivity contribution in [2.75, 3.05) is 16.4 Å². The van der Waals surface area contributed by atoms with Gasteiger partial charge in [0.1, 0.15) is 11.5 Å². The summed E-state index contributed by atoms with van der Waals surface area (Å²) in [7, 11) is 0. The molecule has 0 aromatic heterocycles. The van der Waals surface area contributed by atoms with Gasteiger partial charge in [0.25, 0.3) is 17.5 Å². The molecule has 4 rings (SSSR count). The number of non-ortho nitro benzene ring substituents is 1. The number of nitro benzene ring substituents is 1. The highest BCUT2D eigenvalue weighted by molar-refractivity contribution is 8.00. The molecule has 0 radical (unpaired) electrons. The molecule has 42 heavy (non-hydrogen) atoms. The third-order valence-corrected chi connectivity index (χ3v) is 6.91. The number of aryl methyl sites for hydroxylation is 1. The van der Waals surface area contributed by atoms with Crippen LogP contribution in [0.15, 0.2) is 108 Å². The number of amides is 3. The maximum atomic E-state index is 13.4. The standard InChI is InChI=1S/C31H25FN4O5S/c1-20-7-14-25(36(40)41)18-27(20)34-29(37)19-42-26-15-12-24(13-16-26)33-31(39)28(17-21-8-10-23(32)11-9-21)35-30(38)22-5-3-2-4-6-22/h2-18H,19H2,1H3,(H,33,39)(H,34,37)(H,35,38)/b28-17-. The van der Waals surface area contributed by atoms with E-state index >= 15 is 0 Å². The first-order valence-electron chi connectivity index (χ1n) is 12.6. The summed E-state index contributed by atoms with van der Waals surface area (Å²) in [5.41, 5.74) is 2.24. The van der Waals surface area contributed by atoms with E-state index in [1.165, 1.54) is 54.2 Å². The van der Waals surface area contributed by atoms with Gasteiger partial charge >= 0.3 is 0 Å². The van der Waals surface area contributed by atoms with Crippen LogP contribution < -0.4 is 16.0 Å². The lowest BCUT2D eigenvalue weighted by molar-refractivity contribution is -0.384. The Bertz CT molecular complexity index is 1640. The normalized spacial score (nSPS) is 11.0. The Balaban J connectivity index is 1.39. The molecule has 0 aliphatic carbocycles. The number of benzene rings is 4. The van der Waals surface area contributed by atoms with E-state index in [0.29, 0.717) is 28.1 Å². The molecule has 0 unspecified atom stereocenters. The van der Waals surface area contributed by atoms with Crippen molar-refractivity contribution in [1.29, 1.82) is 0 Å². The highest BCUT2D eigenvalue weighted by atomic mass is 32.2. The fourth-order valence-corrected chi connectivity index (χ4v) is 4.39. The first-order valence-corrected chi connectivity index (χ1v) is 13.6. The number of carbonyl (C=O) groups is 3. The molecule has 0 spiro atoms. The lowest BCUT2D eigenvalue weighted by Gasteiger charge is -2.12. The molecule has 0 atom stereocenters. The van der Waals surface area contributed by atoms with Crippen LogP contribution in [0.4, 0.5) is 21.5 Å². The van der Waals surface area contributed by atoms with Crippen molar-refractivity contribution in [2.24, 2.45) is 0 Å². The van der Waals surface area contributed by atoms with Crippen molar-refractivity contribution < 1.29 is 23.7 Å². The molecule has 0 heterocycles. The van der Waals surface area contributed by atoms with Crippen LogP contribution in [0.3, 0.4) is 0 Å². The first-order chi connectivity index (χ1) is 20.2. The minimum Gasteiger partial charge on any atom is -0.325 e. The maximum absolute atomic E-state index is 13.4. The summed E-state index contributed by atoms with van der Waals surface area (Å²) in [6, 6.07) is 24.9. The Labute approximate surface area is 245 Å². The van der Waals surface area contributed by atoms with Crippen molar-refractivity contribution in [3.63, 3.8) is 0 Å². The molecule has 4 aromatic carbocycles. The molecule has 3 N–H and O–H groups in total. The Morgan fingerprint density at radius 3 is 2.26 bits per heavy atom. The monoisotopic (exact) mass is 584 g/mol. The van der Waals surface area contributed by atoms with Gasteiger partial charge in [-0.3, -0.25) is 24.5 Å². The van der Waals surface area contributed by atoms with Gasteiger partial charge < -0.3 is 16.0 Å². The van der Waals surface area contributed by atoms with Gasteiger partial charge in [0, 0.05) is 28.3 Å². The first kappa shape index (κ1) is 29.7. The SMILES string of the molecule is Cc1ccc([N+](=O)[O-])cc1NC(=O)CSc1ccc(NC(=O)/C(=C/c2ccc(F)cc2)NC(=O)c2ccccc2)cc1. The molecule has 3 amide bonds. The summed E-state index contributed by atoms with van der Waals surface area (Å²) in [5.74, 6) is -1.77. The molecule has 0 fully saturated rings. The van der Waals surface area contributed by atoms with Crippen LogP contribution in [-0.2, 0) is 9.59 Å². The zero-order valence-electron chi connectivity index (χ0n) is 22.3. The van der Waals surface area contributed by atoms with Gasteiger partial charge in [0.15, 0.2) is 0 Å². The number of carbonyl (C=O) groups excluding carboxylic acids is 3. The summed E-state index contributed by atoms with van der Waals surface area (Å²) in [5, 5.41) is 19.1. The van der Waals surface area contributed by atoms with E-state index in [2.05, 4.69) is 16.0 Å². The van der Waals surface area contributed by atoms with Gasteiger partial charge in [0.2, 0.25) is 5.91 Å². The molecule has 0 saturated carbocycles. The molecule has 212 valence electrons. The van der Waals surface area contributed by atoms with E-state index in [1.807, 2.05) is 0 Å². The van der Waals surface area contributed by atoms with E-state index in [9.17, 15) is 28.9 Å². The number of thioether (sulfide) groups is 1. The maximum Gasteiger partial charge on any atom is 0.272 e. The summed E-state index contributed by atoms with van der Waals surface area (Å²) in [6.07, 6.45) is 1.45. The number of hydrogen-bond donors (Lipinski definition) is 3. The van der Waals surface area contributed by atoms with Gasteiger partial charge in [-0.2, -0.15) is 0 Å². The highest BCUT2D eigenvalue weighted by Gasteiger charge is 2.16. The molecule has 4 aromatic rings. The second-order valence-corrected chi connectivity index (χ2v) is 10.1.